The molecule has 2 rings (SSSR count). The number of hydrogen-bond acceptors (Lipinski definition) is 4. The van der Waals surface area contributed by atoms with E-state index in [9.17, 15) is 13.2 Å². The monoisotopic (exact) mass is 312 g/mol. The Morgan fingerprint density at radius 2 is 2.19 bits per heavy atom. The standard InChI is InChI=1S/C14H20N2O4S/c1-11(17)16-7-3-4-12-5-6-13(10-14(12)16)15-21(18,19)9-8-20-2/h5-6,10,15H,3-4,7-9H2,1-2H3. The van der Waals surface area contributed by atoms with Gasteiger partial charge in [0.2, 0.25) is 15.9 Å². The molecule has 21 heavy (non-hydrogen) atoms. The average molecular weight is 312 g/mol. The van der Waals surface area contributed by atoms with Crippen molar-refractivity contribution in [3.8, 4) is 0 Å². The lowest BCUT2D eigenvalue weighted by atomic mass is 10.0. The highest BCUT2D eigenvalue weighted by Gasteiger charge is 2.21. The van der Waals surface area contributed by atoms with Gasteiger partial charge in [-0.2, -0.15) is 0 Å². The highest BCUT2D eigenvalue weighted by atomic mass is 32.2. The number of nitrogens with one attached hydrogen (secondary N) is 1. The summed E-state index contributed by atoms with van der Waals surface area (Å²) in [5.74, 6) is -0.132. The van der Waals surface area contributed by atoms with E-state index in [0.717, 1.165) is 24.1 Å². The van der Waals surface area contributed by atoms with E-state index in [1.165, 1.54) is 14.0 Å². The third kappa shape index (κ3) is 3.95. The Morgan fingerprint density at radius 1 is 1.43 bits per heavy atom. The first-order valence-corrected chi connectivity index (χ1v) is 8.48. The molecule has 1 aliphatic heterocycles. The van der Waals surface area contributed by atoms with Crippen LogP contribution in [-0.4, -0.2) is 40.3 Å². The van der Waals surface area contributed by atoms with Gasteiger partial charge < -0.3 is 9.64 Å². The fourth-order valence-electron chi connectivity index (χ4n) is 2.39. The van der Waals surface area contributed by atoms with E-state index in [0.29, 0.717) is 12.2 Å². The topological polar surface area (TPSA) is 75.7 Å². The van der Waals surface area contributed by atoms with Crippen molar-refractivity contribution in [3.05, 3.63) is 23.8 Å². The summed E-state index contributed by atoms with van der Waals surface area (Å²) in [5, 5.41) is 0. The van der Waals surface area contributed by atoms with Gasteiger partial charge in [0.05, 0.1) is 18.0 Å². The van der Waals surface area contributed by atoms with Crippen molar-refractivity contribution in [1.82, 2.24) is 0 Å². The summed E-state index contributed by atoms with van der Waals surface area (Å²) in [6, 6.07) is 5.33. The van der Waals surface area contributed by atoms with Gasteiger partial charge >= 0.3 is 0 Å². The number of anilines is 2. The normalized spacial score (nSPS) is 14.7. The zero-order valence-corrected chi connectivity index (χ0v) is 13.1. The molecule has 1 heterocycles. The highest BCUT2D eigenvalue weighted by molar-refractivity contribution is 7.92. The van der Waals surface area contributed by atoms with Crippen LogP contribution in [0.2, 0.25) is 0 Å². The van der Waals surface area contributed by atoms with Gasteiger partial charge in [0.25, 0.3) is 0 Å². The largest absolute Gasteiger partial charge is 0.384 e. The van der Waals surface area contributed by atoms with Gasteiger partial charge in [0.15, 0.2) is 0 Å². The van der Waals surface area contributed by atoms with Crippen molar-refractivity contribution in [2.45, 2.75) is 19.8 Å². The fourth-order valence-corrected chi connectivity index (χ4v) is 3.36. The number of sulfonamides is 1. The van der Waals surface area contributed by atoms with Gasteiger partial charge in [-0.1, -0.05) is 6.07 Å². The molecule has 0 saturated carbocycles. The third-order valence-electron chi connectivity index (χ3n) is 3.41. The number of benzene rings is 1. The molecule has 1 amide bonds. The first-order chi connectivity index (χ1) is 9.93. The Balaban J connectivity index is 2.24. The minimum Gasteiger partial charge on any atom is -0.384 e. The van der Waals surface area contributed by atoms with Gasteiger partial charge in [0, 0.05) is 26.3 Å². The Hall–Kier alpha value is -1.60. The van der Waals surface area contributed by atoms with Crippen LogP contribution in [0.25, 0.3) is 0 Å². The molecule has 0 fully saturated rings. The van der Waals surface area contributed by atoms with Crippen molar-refractivity contribution in [3.63, 3.8) is 0 Å². The zero-order valence-electron chi connectivity index (χ0n) is 12.3. The summed E-state index contributed by atoms with van der Waals surface area (Å²) in [6.45, 7) is 2.33. The van der Waals surface area contributed by atoms with Crippen molar-refractivity contribution in [2.75, 3.05) is 35.6 Å². The molecular formula is C14H20N2O4S. The summed E-state index contributed by atoms with van der Waals surface area (Å²) >= 11 is 0. The lowest BCUT2D eigenvalue weighted by Crippen LogP contribution is -2.33. The van der Waals surface area contributed by atoms with E-state index in [-0.39, 0.29) is 18.3 Å². The first-order valence-electron chi connectivity index (χ1n) is 6.83. The predicted octanol–water partition coefficient (Wildman–Crippen LogP) is 1.37. The molecule has 0 unspecified atom stereocenters. The highest BCUT2D eigenvalue weighted by Crippen LogP contribution is 2.30. The van der Waals surface area contributed by atoms with Crippen LogP contribution in [-0.2, 0) is 26.0 Å². The first kappa shape index (κ1) is 15.8. The number of rotatable bonds is 5. The molecule has 0 saturated heterocycles. The van der Waals surface area contributed by atoms with E-state index < -0.39 is 10.0 Å². The number of ether oxygens (including phenoxy) is 1. The smallest absolute Gasteiger partial charge is 0.235 e. The Labute approximate surface area is 125 Å². The lowest BCUT2D eigenvalue weighted by Gasteiger charge is -2.29. The van der Waals surface area contributed by atoms with Gasteiger partial charge in [-0.3, -0.25) is 9.52 Å². The third-order valence-corrected chi connectivity index (χ3v) is 4.66. The number of amides is 1. The molecule has 0 radical (unpaired) electrons. The molecule has 1 aromatic carbocycles. The lowest BCUT2D eigenvalue weighted by molar-refractivity contribution is -0.116. The number of hydrogen-bond donors (Lipinski definition) is 1. The van der Waals surface area contributed by atoms with Crippen LogP contribution in [0.4, 0.5) is 11.4 Å². The zero-order chi connectivity index (χ0) is 15.5. The number of aryl methyl sites for hydroxylation is 1. The molecule has 0 aromatic heterocycles. The van der Waals surface area contributed by atoms with Crippen LogP contribution in [0.1, 0.15) is 18.9 Å². The van der Waals surface area contributed by atoms with Crippen molar-refractivity contribution in [2.24, 2.45) is 0 Å². The molecule has 0 spiro atoms. The van der Waals surface area contributed by atoms with Crippen LogP contribution in [0.3, 0.4) is 0 Å². The summed E-state index contributed by atoms with van der Waals surface area (Å²) in [4.78, 5) is 13.4. The van der Waals surface area contributed by atoms with Gasteiger partial charge in [0.1, 0.15) is 0 Å². The Kier molecular flexibility index (Phi) is 4.84. The summed E-state index contributed by atoms with van der Waals surface area (Å²) in [7, 11) is -1.98. The minimum absolute atomic E-state index is 0.0321. The maximum absolute atomic E-state index is 11.9. The Bertz CT molecular complexity index is 628. The van der Waals surface area contributed by atoms with Gasteiger partial charge in [-0.25, -0.2) is 8.42 Å². The Morgan fingerprint density at radius 3 is 2.86 bits per heavy atom. The van der Waals surface area contributed by atoms with Crippen molar-refractivity contribution in [1.29, 1.82) is 0 Å². The van der Waals surface area contributed by atoms with Crippen LogP contribution in [0, 0.1) is 0 Å². The van der Waals surface area contributed by atoms with E-state index in [2.05, 4.69) is 4.72 Å². The number of carbonyl (C=O) groups is 1. The SMILES string of the molecule is COCCS(=O)(=O)Nc1ccc2c(c1)N(C(C)=O)CCC2. The number of carbonyl (C=O) groups excluding carboxylic acids is 1. The second-order valence-corrected chi connectivity index (χ2v) is 6.87. The van der Waals surface area contributed by atoms with Gasteiger partial charge in [-0.15, -0.1) is 0 Å². The summed E-state index contributed by atoms with van der Waals surface area (Å²) in [6.07, 6.45) is 1.82. The predicted molar refractivity (Wildman–Crippen MR) is 82.1 cm³/mol. The molecule has 0 atom stereocenters. The van der Waals surface area contributed by atoms with E-state index in [1.54, 1.807) is 17.0 Å². The average Bonchev–Trinajstić information content (AvgIpc) is 2.44. The van der Waals surface area contributed by atoms with Gasteiger partial charge in [-0.05, 0) is 30.5 Å². The van der Waals surface area contributed by atoms with Crippen molar-refractivity contribution < 1.29 is 17.9 Å². The second kappa shape index (κ2) is 6.44. The molecule has 0 bridgehead atoms. The number of fused-ring (bicyclic) bond motifs is 1. The molecular weight excluding hydrogens is 292 g/mol. The van der Waals surface area contributed by atoms with E-state index >= 15 is 0 Å². The minimum atomic E-state index is -3.44. The van der Waals surface area contributed by atoms with E-state index in [1.807, 2.05) is 6.07 Å². The summed E-state index contributed by atoms with van der Waals surface area (Å²) < 4.78 is 31.0. The molecule has 116 valence electrons. The van der Waals surface area contributed by atoms with Crippen LogP contribution in [0.15, 0.2) is 18.2 Å². The molecule has 6 nitrogen and oxygen atoms in total. The molecule has 1 aliphatic rings. The number of methoxy groups -OCH3 is 1. The maximum atomic E-state index is 11.9. The molecule has 1 N–H and O–H groups in total. The second-order valence-electron chi connectivity index (χ2n) is 5.03. The number of nitrogens with zero attached hydrogens (tertiary/aromatic N) is 1. The molecule has 0 aliphatic carbocycles. The fraction of sp³-hybridized carbons (Fsp3) is 0.500. The molecule has 7 heteroatoms. The van der Waals surface area contributed by atoms with Crippen molar-refractivity contribution >= 4 is 27.3 Å². The van der Waals surface area contributed by atoms with Crippen LogP contribution < -0.4 is 9.62 Å². The van der Waals surface area contributed by atoms with Crippen LogP contribution in [0.5, 0.6) is 0 Å². The summed E-state index contributed by atoms with van der Waals surface area (Å²) in [5.41, 5.74) is 2.33. The van der Waals surface area contributed by atoms with E-state index in [4.69, 9.17) is 4.74 Å². The molecule has 1 aromatic rings. The maximum Gasteiger partial charge on any atom is 0.235 e. The van der Waals surface area contributed by atoms with Crippen LogP contribution >= 0.6 is 0 Å². The quantitative estimate of drug-likeness (QED) is 0.891.